The zero-order chi connectivity index (χ0) is 42.0. The number of para-hydroxylation sites is 4. The van der Waals surface area contributed by atoms with E-state index in [9.17, 15) is 0 Å². The highest BCUT2D eigenvalue weighted by molar-refractivity contribution is 6.11. The lowest BCUT2D eigenvalue weighted by Crippen LogP contribution is -1.98. The van der Waals surface area contributed by atoms with E-state index in [1.807, 2.05) is 12.1 Å². The van der Waals surface area contributed by atoms with Gasteiger partial charge >= 0.3 is 0 Å². The number of nitrogens with zero attached hydrogens (tertiary/aromatic N) is 2. The van der Waals surface area contributed by atoms with Gasteiger partial charge < -0.3 is 13.6 Å². The second kappa shape index (κ2) is 14.8. The molecule has 0 spiro atoms. The standard InChI is InChI=1S/C60H42N2O/c1-3-15-55-39(2)49-24-4-7-29-56(49)61(55)48-32-33-58-54(38-48)51-25-5-8-30-57(51)62(58)47-23-13-21-45(37-47)43-19-11-17-41(35-43)40-16-10-18-42(34-40)44-20-12-22-46(36-44)50-27-14-28-53-52-26-6-9-31-59(52)63-60(50)53/h3-38H,1-2H3. The molecule has 0 saturated heterocycles. The molecule has 0 aliphatic carbocycles. The van der Waals surface area contributed by atoms with Crippen LogP contribution in [-0.2, 0) is 0 Å². The zero-order valence-electron chi connectivity index (χ0n) is 35.1. The summed E-state index contributed by atoms with van der Waals surface area (Å²) in [6.45, 7) is 4.32. The van der Waals surface area contributed by atoms with Crippen LogP contribution in [0.4, 0.5) is 0 Å². The molecule has 0 radical (unpaired) electrons. The molecule has 3 aromatic heterocycles. The molecule has 298 valence electrons. The van der Waals surface area contributed by atoms with Crippen LogP contribution in [0.3, 0.4) is 0 Å². The molecule has 3 heterocycles. The minimum absolute atomic E-state index is 0.912. The third kappa shape index (κ3) is 6.04. The Morgan fingerprint density at radius 1 is 0.381 bits per heavy atom. The number of furan rings is 1. The highest BCUT2D eigenvalue weighted by Crippen LogP contribution is 2.40. The molecule has 0 bridgehead atoms. The monoisotopic (exact) mass is 806 g/mol. The summed E-state index contributed by atoms with van der Waals surface area (Å²) >= 11 is 0. The molecule has 3 heteroatoms. The van der Waals surface area contributed by atoms with Crippen LogP contribution in [0.2, 0.25) is 0 Å². The van der Waals surface area contributed by atoms with Crippen molar-refractivity contribution in [3.8, 4) is 55.9 Å². The van der Waals surface area contributed by atoms with Crippen molar-refractivity contribution in [2.45, 2.75) is 13.8 Å². The normalized spacial score (nSPS) is 11.9. The molecule has 9 aromatic carbocycles. The van der Waals surface area contributed by atoms with Gasteiger partial charge in [0.25, 0.3) is 0 Å². The maximum absolute atomic E-state index is 6.41. The van der Waals surface area contributed by atoms with Gasteiger partial charge in [-0.15, -0.1) is 0 Å². The second-order valence-electron chi connectivity index (χ2n) is 16.5. The Balaban J connectivity index is 0.902. The average Bonchev–Trinajstić information content (AvgIpc) is 3.99. The molecule has 0 aliphatic heterocycles. The molecule has 0 N–H and O–H groups in total. The molecule has 3 nitrogen and oxygen atoms in total. The van der Waals surface area contributed by atoms with Crippen molar-refractivity contribution < 1.29 is 4.42 Å². The lowest BCUT2D eigenvalue weighted by molar-refractivity contribution is 0.670. The van der Waals surface area contributed by atoms with Crippen LogP contribution < -0.4 is 0 Å². The summed E-state index contributed by atoms with van der Waals surface area (Å²) in [4.78, 5) is 0. The highest BCUT2D eigenvalue weighted by atomic mass is 16.3. The summed E-state index contributed by atoms with van der Waals surface area (Å²) < 4.78 is 11.2. The van der Waals surface area contributed by atoms with E-state index in [1.165, 1.54) is 77.3 Å². The first-order valence-electron chi connectivity index (χ1n) is 21.7. The van der Waals surface area contributed by atoms with Gasteiger partial charge in [-0.05, 0) is 131 Å². The minimum atomic E-state index is 0.912. The van der Waals surface area contributed by atoms with Crippen LogP contribution in [-0.4, -0.2) is 9.13 Å². The molecule has 63 heavy (non-hydrogen) atoms. The third-order valence-corrected chi connectivity index (χ3v) is 12.8. The van der Waals surface area contributed by atoms with Gasteiger partial charge in [-0.2, -0.15) is 0 Å². The van der Waals surface area contributed by atoms with Gasteiger partial charge in [-0.1, -0.05) is 146 Å². The largest absolute Gasteiger partial charge is 0.455 e. The van der Waals surface area contributed by atoms with Crippen LogP contribution in [0.5, 0.6) is 0 Å². The number of aryl methyl sites for hydroxylation is 1. The maximum Gasteiger partial charge on any atom is 0.143 e. The van der Waals surface area contributed by atoms with E-state index in [-0.39, 0.29) is 0 Å². The SMILES string of the molecule is CC=Cc1c(C)c2ccccc2n1-c1ccc2c(c1)c1ccccc1n2-c1cccc(-c2cccc(-c3cccc(-c4cccc(-c5cccc6c5oc5ccccc56)c4)c3)c2)c1. The third-order valence-electron chi connectivity index (χ3n) is 12.8. The lowest BCUT2D eigenvalue weighted by Gasteiger charge is -2.13. The Morgan fingerprint density at radius 2 is 0.889 bits per heavy atom. The van der Waals surface area contributed by atoms with Crippen molar-refractivity contribution in [1.29, 1.82) is 0 Å². The number of aromatic nitrogens is 2. The van der Waals surface area contributed by atoms with Crippen LogP contribution in [0, 0.1) is 6.92 Å². The van der Waals surface area contributed by atoms with E-state index >= 15 is 0 Å². The number of allylic oxidation sites excluding steroid dienone is 1. The van der Waals surface area contributed by atoms with Crippen LogP contribution in [0.15, 0.2) is 217 Å². The van der Waals surface area contributed by atoms with Crippen molar-refractivity contribution in [2.75, 3.05) is 0 Å². The topological polar surface area (TPSA) is 23.0 Å². The molecule has 0 atom stereocenters. The van der Waals surface area contributed by atoms with Crippen LogP contribution in [0.25, 0.3) is 117 Å². The van der Waals surface area contributed by atoms with Gasteiger partial charge in [0.2, 0.25) is 0 Å². The zero-order valence-corrected chi connectivity index (χ0v) is 35.1. The molecule has 0 aliphatic rings. The Hall–Kier alpha value is -8.14. The highest BCUT2D eigenvalue weighted by Gasteiger charge is 2.18. The van der Waals surface area contributed by atoms with Crippen LogP contribution >= 0.6 is 0 Å². The number of rotatable bonds is 7. The summed E-state index contributed by atoms with van der Waals surface area (Å²) in [6.07, 6.45) is 4.36. The lowest BCUT2D eigenvalue weighted by atomic mass is 9.94. The van der Waals surface area contributed by atoms with Gasteiger partial charge in [-0.3, -0.25) is 0 Å². The van der Waals surface area contributed by atoms with E-state index in [2.05, 4.69) is 229 Å². The summed E-state index contributed by atoms with van der Waals surface area (Å²) in [5.41, 5.74) is 19.5. The quantitative estimate of drug-likeness (QED) is 0.157. The van der Waals surface area contributed by atoms with E-state index in [1.54, 1.807) is 0 Å². The van der Waals surface area contributed by atoms with E-state index in [0.29, 0.717) is 0 Å². The number of hydrogen-bond donors (Lipinski definition) is 0. The minimum Gasteiger partial charge on any atom is -0.455 e. The van der Waals surface area contributed by atoms with Gasteiger partial charge in [0.1, 0.15) is 11.2 Å². The Labute approximate surface area is 366 Å². The smallest absolute Gasteiger partial charge is 0.143 e. The molecule has 0 fully saturated rings. The predicted molar refractivity (Wildman–Crippen MR) is 266 cm³/mol. The summed E-state index contributed by atoms with van der Waals surface area (Å²) in [7, 11) is 0. The first kappa shape index (κ1) is 36.7. The first-order chi connectivity index (χ1) is 31.1. The average molecular weight is 807 g/mol. The Kier molecular flexibility index (Phi) is 8.62. The molecule has 0 saturated carbocycles. The molecular formula is C60H42N2O. The number of benzene rings is 9. The van der Waals surface area contributed by atoms with E-state index in [4.69, 9.17) is 4.42 Å². The van der Waals surface area contributed by atoms with Crippen molar-refractivity contribution in [3.05, 3.63) is 224 Å². The number of hydrogen-bond acceptors (Lipinski definition) is 1. The number of fused-ring (bicyclic) bond motifs is 7. The van der Waals surface area contributed by atoms with Gasteiger partial charge in [0.05, 0.1) is 16.6 Å². The van der Waals surface area contributed by atoms with Crippen molar-refractivity contribution in [1.82, 2.24) is 9.13 Å². The Morgan fingerprint density at radius 3 is 1.59 bits per heavy atom. The fraction of sp³-hybridized carbons (Fsp3) is 0.0333. The first-order valence-corrected chi connectivity index (χ1v) is 21.7. The van der Waals surface area contributed by atoms with E-state index in [0.717, 1.165) is 44.4 Å². The Bertz CT molecular complexity index is 3780. The van der Waals surface area contributed by atoms with Gasteiger partial charge in [-0.25, -0.2) is 0 Å². The van der Waals surface area contributed by atoms with Crippen molar-refractivity contribution in [2.24, 2.45) is 0 Å². The summed E-state index contributed by atoms with van der Waals surface area (Å²) in [6, 6.07) is 74.7. The van der Waals surface area contributed by atoms with Crippen molar-refractivity contribution in [3.63, 3.8) is 0 Å². The fourth-order valence-corrected chi connectivity index (χ4v) is 9.86. The molecule has 12 aromatic rings. The van der Waals surface area contributed by atoms with E-state index < -0.39 is 0 Å². The van der Waals surface area contributed by atoms with Gasteiger partial charge in [0.15, 0.2) is 0 Å². The van der Waals surface area contributed by atoms with Gasteiger partial charge in [0, 0.05) is 49.6 Å². The summed E-state index contributed by atoms with van der Waals surface area (Å²) in [5.74, 6) is 0. The maximum atomic E-state index is 6.41. The predicted octanol–water partition coefficient (Wildman–Crippen LogP) is 16.6. The van der Waals surface area contributed by atoms with Crippen LogP contribution in [0.1, 0.15) is 18.2 Å². The molecule has 0 amide bonds. The fourth-order valence-electron chi connectivity index (χ4n) is 9.86. The molecular weight excluding hydrogens is 765 g/mol. The summed E-state index contributed by atoms with van der Waals surface area (Å²) in [5, 5.41) is 6.03. The molecule has 12 rings (SSSR count). The molecule has 0 unspecified atom stereocenters. The second-order valence-corrected chi connectivity index (χ2v) is 16.5. The van der Waals surface area contributed by atoms with Crippen molar-refractivity contribution >= 4 is 60.7 Å².